The molecule has 1 fully saturated rings. The number of likely N-dealkylation sites (N-methyl/N-ethyl adjacent to an activating group) is 1. The third kappa shape index (κ3) is 6.14. The number of aromatic nitrogens is 2. The molecular formula is C32H38N6O2. The zero-order valence-corrected chi connectivity index (χ0v) is 23.6. The number of carbonyl (C=O) groups is 1. The molecule has 2 aromatic carbocycles. The maximum Gasteiger partial charge on any atom is 0.258 e. The summed E-state index contributed by atoms with van der Waals surface area (Å²) in [7, 11) is 2.14. The van der Waals surface area contributed by atoms with Gasteiger partial charge in [-0.1, -0.05) is 23.8 Å². The van der Waals surface area contributed by atoms with E-state index >= 15 is 0 Å². The van der Waals surface area contributed by atoms with Crippen LogP contribution >= 0.6 is 0 Å². The number of carbonyl (C=O) groups excluding carboxylic acids is 1. The minimum Gasteiger partial charge on any atom is -0.330 e. The molecule has 0 radical (unpaired) electrons. The second-order valence-electron chi connectivity index (χ2n) is 10.8. The topological polar surface area (TPSA) is 96.5 Å². The molecule has 0 unspecified atom stereocenters. The van der Waals surface area contributed by atoms with Crippen LogP contribution in [0.3, 0.4) is 0 Å². The first kappa shape index (κ1) is 27.7. The molecule has 3 heterocycles. The molecule has 40 heavy (non-hydrogen) atoms. The van der Waals surface area contributed by atoms with Crippen LogP contribution in [0.5, 0.6) is 0 Å². The molecule has 0 atom stereocenters. The highest BCUT2D eigenvalue weighted by molar-refractivity contribution is 6.04. The molecule has 1 aliphatic rings. The lowest BCUT2D eigenvalue weighted by atomic mass is 9.99. The molecule has 1 amide bonds. The van der Waals surface area contributed by atoms with Gasteiger partial charge < -0.3 is 20.5 Å². The van der Waals surface area contributed by atoms with E-state index in [-0.39, 0.29) is 11.5 Å². The highest BCUT2D eigenvalue weighted by Crippen LogP contribution is 2.27. The van der Waals surface area contributed by atoms with Crippen LogP contribution in [0.25, 0.3) is 22.0 Å². The summed E-state index contributed by atoms with van der Waals surface area (Å²) in [6, 6.07) is 17.1. The zero-order valence-electron chi connectivity index (χ0n) is 23.6. The number of anilines is 1. The highest BCUT2D eigenvalue weighted by atomic mass is 16.1. The zero-order chi connectivity index (χ0) is 28.2. The second-order valence-corrected chi connectivity index (χ2v) is 10.8. The fraction of sp³-hybridized carbons (Fsp3) is 0.344. The number of hydrogen-bond acceptors (Lipinski definition) is 6. The fourth-order valence-corrected chi connectivity index (χ4v) is 5.31. The summed E-state index contributed by atoms with van der Waals surface area (Å²) >= 11 is 0. The SMILES string of the molecule is Cc1cccc(C(=O)Nc2ccc(C)c(-c3cc4cnc(CCN)cc4n(CCN4CCN(C)CC4)c3=O)c2)c1. The lowest BCUT2D eigenvalue weighted by molar-refractivity contribution is 0.102. The maximum atomic E-state index is 14.1. The van der Waals surface area contributed by atoms with Gasteiger partial charge in [-0.15, -0.1) is 0 Å². The molecular weight excluding hydrogens is 500 g/mol. The van der Waals surface area contributed by atoms with Gasteiger partial charge in [-0.05, 0) is 75.0 Å². The number of pyridine rings is 2. The number of fused-ring (bicyclic) bond motifs is 1. The first-order valence-electron chi connectivity index (χ1n) is 13.9. The summed E-state index contributed by atoms with van der Waals surface area (Å²) in [4.78, 5) is 36.4. The molecule has 1 saturated heterocycles. The average Bonchev–Trinajstić information content (AvgIpc) is 2.94. The van der Waals surface area contributed by atoms with Gasteiger partial charge in [-0.3, -0.25) is 19.5 Å². The molecule has 4 aromatic rings. The van der Waals surface area contributed by atoms with Crippen LogP contribution in [-0.2, 0) is 13.0 Å². The minimum atomic E-state index is -0.182. The molecule has 0 spiro atoms. The predicted octanol–water partition coefficient (Wildman–Crippen LogP) is 3.68. The van der Waals surface area contributed by atoms with Crippen molar-refractivity contribution in [1.29, 1.82) is 0 Å². The molecule has 0 saturated carbocycles. The van der Waals surface area contributed by atoms with Crippen molar-refractivity contribution >= 4 is 22.5 Å². The third-order valence-corrected chi connectivity index (χ3v) is 7.74. The lowest BCUT2D eigenvalue weighted by Crippen LogP contribution is -2.45. The number of nitrogens with zero attached hydrogens (tertiary/aromatic N) is 4. The number of nitrogens with two attached hydrogens (primary N) is 1. The monoisotopic (exact) mass is 538 g/mol. The predicted molar refractivity (Wildman–Crippen MR) is 162 cm³/mol. The van der Waals surface area contributed by atoms with Crippen molar-refractivity contribution in [2.24, 2.45) is 5.73 Å². The summed E-state index contributed by atoms with van der Waals surface area (Å²) in [6.45, 7) is 9.87. The maximum absolute atomic E-state index is 14.1. The van der Waals surface area contributed by atoms with Gasteiger partial charge >= 0.3 is 0 Å². The van der Waals surface area contributed by atoms with Crippen molar-refractivity contribution in [3.05, 3.63) is 93.5 Å². The van der Waals surface area contributed by atoms with Crippen LogP contribution in [0.15, 0.2) is 65.6 Å². The van der Waals surface area contributed by atoms with E-state index < -0.39 is 0 Å². The number of piperazine rings is 1. The Kier molecular flexibility index (Phi) is 8.40. The molecule has 3 N–H and O–H groups in total. The Labute approximate surface area is 235 Å². The van der Waals surface area contributed by atoms with E-state index in [2.05, 4.69) is 27.1 Å². The summed E-state index contributed by atoms with van der Waals surface area (Å²) in [6.07, 6.45) is 2.50. The normalized spacial score (nSPS) is 14.5. The van der Waals surface area contributed by atoms with E-state index in [0.29, 0.717) is 36.3 Å². The molecule has 0 bridgehead atoms. The minimum absolute atomic E-state index is 0.0446. The number of aryl methyl sites for hydroxylation is 2. The van der Waals surface area contributed by atoms with Gasteiger partial charge in [0.25, 0.3) is 11.5 Å². The Morgan fingerprint density at radius 3 is 2.52 bits per heavy atom. The molecule has 8 nitrogen and oxygen atoms in total. The number of benzene rings is 2. The largest absolute Gasteiger partial charge is 0.330 e. The van der Waals surface area contributed by atoms with Gasteiger partial charge in [0.15, 0.2) is 0 Å². The number of hydrogen-bond donors (Lipinski definition) is 2. The van der Waals surface area contributed by atoms with Crippen molar-refractivity contribution in [1.82, 2.24) is 19.4 Å². The number of rotatable bonds is 8. The Hall–Kier alpha value is -3.85. The van der Waals surface area contributed by atoms with Crippen molar-refractivity contribution in [2.75, 3.05) is 51.6 Å². The van der Waals surface area contributed by atoms with Gasteiger partial charge in [0.2, 0.25) is 0 Å². The molecule has 208 valence electrons. The number of nitrogens with one attached hydrogen (secondary N) is 1. The summed E-state index contributed by atoms with van der Waals surface area (Å²) in [5.41, 5.74) is 12.1. The summed E-state index contributed by atoms with van der Waals surface area (Å²) in [5.74, 6) is -0.182. The first-order chi connectivity index (χ1) is 19.3. The Morgan fingerprint density at radius 1 is 0.975 bits per heavy atom. The van der Waals surface area contributed by atoms with Gasteiger partial charge in [0.05, 0.1) is 5.52 Å². The van der Waals surface area contributed by atoms with Crippen LogP contribution in [0.2, 0.25) is 0 Å². The smallest absolute Gasteiger partial charge is 0.258 e. The van der Waals surface area contributed by atoms with E-state index in [1.165, 1.54) is 0 Å². The first-order valence-corrected chi connectivity index (χ1v) is 13.9. The summed E-state index contributed by atoms with van der Waals surface area (Å²) in [5, 5.41) is 3.91. The van der Waals surface area contributed by atoms with E-state index in [0.717, 1.165) is 66.0 Å². The van der Waals surface area contributed by atoms with Crippen molar-refractivity contribution < 1.29 is 4.79 Å². The van der Waals surface area contributed by atoms with Crippen molar-refractivity contribution in [3.63, 3.8) is 0 Å². The average molecular weight is 539 g/mol. The Balaban J connectivity index is 1.52. The van der Waals surface area contributed by atoms with Gasteiger partial charge in [0.1, 0.15) is 0 Å². The highest BCUT2D eigenvalue weighted by Gasteiger charge is 2.18. The molecule has 5 rings (SSSR count). The van der Waals surface area contributed by atoms with Gasteiger partial charge in [0, 0.05) is 79.8 Å². The van der Waals surface area contributed by atoms with Crippen LogP contribution < -0.4 is 16.6 Å². The van der Waals surface area contributed by atoms with Crippen molar-refractivity contribution in [2.45, 2.75) is 26.8 Å². The van der Waals surface area contributed by atoms with Gasteiger partial charge in [-0.2, -0.15) is 0 Å². The van der Waals surface area contributed by atoms with Gasteiger partial charge in [-0.25, -0.2) is 0 Å². The third-order valence-electron chi connectivity index (χ3n) is 7.74. The number of amides is 1. The van der Waals surface area contributed by atoms with Crippen LogP contribution in [-0.4, -0.2) is 71.6 Å². The quantitative estimate of drug-likeness (QED) is 0.355. The van der Waals surface area contributed by atoms with E-state index in [9.17, 15) is 9.59 Å². The van der Waals surface area contributed by atoms with E-state index in [1.54, 1.807) is 6.07 Å². The van der Waals surface area contributed by atoms with Crippen molar-refractivity contribution in [3.8, 4) is 11.1 Å². The molecule has 0 aliphatic carbocycles. The molecule has 1 aliphatic heterocycles. The second kappa shape index (κ2) is 12.1. The van der Waals surface area contributed by atoms with Crippen LogP contribution in [0, 0.1) is 13.8 Å². The molecule has 2 aromatic heterocycles. The Morgan fingerprint density at radius 2 is 1.77 bits per heavy atom. The fourth-order valence-electron chi connectivity index (χ4n) is 5.31. The van der Waals surface area contributed by atoms with Crippen LogP contribution in [0.4, 0.5) is 5.69 Å². The summed E-state index contributed by atoms with van der Waals surface area (Å²) < 4.78 is 1.89. The van der Waals surface area contributed by atoms with E-state index in [4.69, 9.17) is 5.73 Å². The molecule has 8 heteroatoms. The standard InChI is InChI=1S/C32H38N6O2/c1-22-5-4-6-24(17-22)31(39)35-27-8-7-23(2)28(19-27)29-18-25-21-34-26(9-10-33)20-30(25)38(32(29)40)16-15-37-13-11-36(3)12-14-37/h4-8,17-21H,9-16,33H2,1-3H3,(H,35,39). The lowest BCUT2D eigenvalue weighted by Gasteiger charge is -2.32. The van der Waals surface area contributed by atoms with Crippen LogP contribution in [0.1, 0.15) is 27.2 Å². The Bertz CT molecular complexity index is 1590. The van der Waals surface area contributed by atoms with E-state index in [1.807, 2.05) is 73.1 Å².